The van der Waals surface area contributed by atoms with Crippen molar-refractivity contribution in [3.63, 3.8) is 0 Å². The minimum Gasteiger partial charge on any atom is -0.323 e. The Hall–Kier alpha value is -0.860. The lowest BCUT2D eigenvalue weighted by atomic mass is 9.94. The zero-order valence-corrected chi connectivity index (χ0v) is 11.1. The second kappa shape index (κ2) is 5.46. The third kappa shape index (κ3) is 3.06. The molecule has 1 rings (SSSR count). The number of rotatable bonds is 4. The molecular formula is C14H24N2. The number of aryl methyl sites for hydroxylation is 1. The average molecular weight is 220 g/mol. The summed E-state index contributed by atoms with van der Waals surface area (Å²) >= 11 is 0. The van der Waals surface area contributed by atoms with Crippen molar-refractivity contribution in [2.45, 2.75) is 46.7 Å². The van der Waals surface area contributed by atoms with Crippen molar-refractivity contribution < 1.29 is 0 Å². The molecule has 16 heavy (non-hydrogen) atoms. The van der Waals surface area contributed by atoms with Crippen LogP contribution in [0, 0.1) is 20.8 Å². The highest BCUT2D eigenvalue weighted by atomic mass is 14.9. The predicted molar refractivity (Wildman–Crippen MR) is 70.7 cm³/mol. The quantitative estimate of drug-likeness (QED) is 0.818. The lowest BCUT2D eigenvalue weighted by Crippen LogP contribution is -2.32. The van der Waals surface area contributed by atoms with Gasteiger partial charge in [-0.15, -0.1) is 0 Å². The van der Waals surface area contributed by atoms with E-state index in [9.17, 15) is 0 Å². The van der Waals surface area contributed by atoms with Gasteiger partial charge in [0.05, 0.1) is 0 Å². The van der Waals surface area contributed by atoms with E-state index in [1.807, 2.05) is 0 Å². The van der Waals surface area contributed by atoms with Gasteiger partial charge in [0.2, 0.25) is 0 Å². The first-order valence-corrected chi connectivity index (χ1v) is 5.99. The van der Waals surface area contributed by atoms with E-state index in [4.69, 9.17) is 5.73 Å². The lowest BCUT2D eigenvalue weighted by molar-refractivity contribution is 0.536. The summed E-state index contributed by atoms with van der Waals surface area (Å²) in [6.45, 7) is 11.6. The Morgan fingerprint density at radius 2 is 1.75 bits per heavy atom. The van der Waals surface area contributed by atoms with E-state index in [1.54, 1.807) is 0 Å². The molecule has 0 saturated heterocycles. The molecule has 1 unspecified atom stereocenters. The van der Waals surface area contributed by atoms with Crippen LogP contribution in [-0.2, 0) is 0 Å². The standard InChI is InChI=1S/C14H24N2/c1-9(2)16-8-14(15)13-7-6-10(3)11(4)12(13)5/h6-7,9,14,16H,8,15H2,1-5H3. The number of hydrogen-bond donors (Lipinski definition) is 2. The summed E-state index contributed by atoms with van der Waals surface area (Å²) in [6, 6.07) is 4.89. The summed E-state index contributed by atoms with van der Waals surface area (Å²) in [5.74, 6) is 0. The number of nitrogens with two attached hydrogens (primary N) is 1. The van der Waals surface area contributed by atoms with Crippen LogP contribution in [0.4, 0.5) is 0 Å². The second-order valence-corrected chi connectivity index (χ2v) is 4.89. The van der Waals surface area contributed by atoms with Gasteiger partial charge in [-0.05, 0) is 43.0 Å². The molecule has 0 saturated carbocycles. The van der Waals surface area contributed by atoms with E-state index < -0.39 is 0 Å². The fourth-order valence-electron chi connectivity index (χ4n) is 1.85. The summed E-state index contributed by atoms with van der Waals surface area (Å²) in [4.78, 5) is 0. The van der Waals surface area contributed by atoms with Gasteiger partial charge in [0, 0.05) is 18.6 Å². The van der Waals surface area contributed by atoms with Crippen molar-refractivity contribution in [1.82, 2.24) is 5.32 Å². The van der Waals surface area contributed by atoms with E-state index >= 15 is 0 Å². The van der Waals surface area contributed by atoms with Gasteiger partial charge in [-0.3, -0.25) is 0 Å². The Balaban J connectivity index is 2.84. The Kier molecular flexibility index (Phi) is 4.51. The van der Waals surface area contributed by atoms with E-state index in [1.165, 1.54) is 22.3 Å². The van der Waals surface area contributed by atoms with Crippen LogP contribution < -0.4 is 11.1 Å². The first kappa shape index (κ1) is 13.2. The van der Waals surface area contributed by atoms with Gasteiger partial charge in [0.1, 0.15) is 0 Å². The van der Waals surface area contributed by atoms with E-state index in [0.717, 1.165) is 6.54 Å². The summed E-state index contributed by atoms with van der Waals surface area (Å²) in [6.07, 6.45) is 0. The highest BCUT2D eigenvalue weighted by Crippen LogP contribution is 2.21. The molecule has 0 aliphatic heterocycles. The molecule has 2 nitrogen and oxygen atoms in total. The maximum atomic E-state index is 6.20. The molecule has 0 aromatic heterocycles. The SMILES string of the molecule is Cc1ccc(C(N)CNC(C)C)c(C)c1C. The van der Waals surface area contributed by atoms with Gasteiger partial charge < -0.3 is 11.1 Å². The van der Waals surface area contributed by atoms with Crippen molar-refractivity contribution >= 4 is 0 Å². The molecule has 0 fully saturated rings. The van der Waals surface area contributed by atoms with Crippen molar-refractivity contribution in [2.75, 3.05) is 6.54 Å². The fourth-order valence-corrected chi connectivity index (χ4v) is 1.85. The third-order valence-electron chi connectivity index (χ3n) is 3.25. The Morgan fingerprint density at radius 3 is 2.31 bits per heavy atom. The summed E-state index contributed by atoms with van der Waals surface area (Å²) in [5, 5.41) is 3.38. The van der Waals surface area contributed by atoms with Gasteiger partial charge in [0.15, 0.2) is 0 Å². The van der Waals surface area contributed by atoms with Crippen molar-refractivity contribution in [3.05, 3.63) is 34.4 Å². The van der Waals surface area contributed by atoms with Crippen LogP contribution in [0.5, 0.6) is 0 Å². The Bertz CT molecular complexity index is 356. The predicted octanol–water partition coefficient (Wildman–Crippen LogP) is 2.61. The molecular weight excluding hydrogens is 196 g/mol. The van der Waals surface area contributed by atoms with Crippen LogP contribution in [0.1, 0.15) is 42.1 Å². The highest BCUT2D eigenvalue weighted by Gasteiger charge is 2.11. The molecule has 3 N–H and O–H groups in total. The topological polar surface area (TPSA) is 38.0 Å². The first-order chi connectivity index (χ1) is 7.43. The van der Waals surface area contributed by atoms with Crippen LogP contribution in [0.2, 0.25) is 0 Å². The fraction of sp³-hybridized carbons (Fsp3) is 0.571. The van der Waals surface area contributed by atoms with Crippen LogP contribution in [0.25, 0.3) is 0 Å². The summed E-state index contributed by atoms with van der Waals surface area (Å²) < 4.78 is 0. The number of hydrogen-bond acceptors (Lipinski definition) is 2. The van der Waals surface area contributed by atoms with Crippen LogP contribution in [-0.4, -0.2) is 12.6 Å². The maximum absolute atomic E-state index is 6.20. The molecule has 1 aromatic rings. The third-order valence-corrected chi connectivity index (χ3v) is 3.25. The first-order valence-electron chi connectivity index (χ1n) is 5.99. The smallest absolute Gasteiger partial charge is 0.0424 e. The largest absolute Gasteiger partial charge is 0.323 e. The van der Waals surface area contributed by atoms with Crippen LogP contribution in [0.3, 0.4) is 0 Å². The molecule has 0 bridgehead atoms. The lowest BCUT2D eigenvalue weighted by Gasteiger charge is -2.19. The van der Waals surface area contributed by atoms with Gasteiger partial charge >= 0.3 is 0 Å². The van der Waals surface area contributed by atoms with Crippen molar-refractivity contribution in [2.24, 2.45) is 5.73 Å². The van der Waals surface area contributed by atoms with Gasteiger partial charge in [-0.1, -0.05) is 26.0 Å². The molecule has 1 atom stereocenters. The molecule has 0 spiro atoms. The van der Waals surface area contributed by atoms with E-state index in [2.05, 4.69) is 52.1 Å². The minimum absolute atomic E-state index is 0.0849. The summed E-state index contributed by atoms with van der Waals surface area (Å²) in [5.41, 5.74) is 11.5. The Labute approximate surface area is 99.2 Å². The second-order valence-electron chi connectivity index (χ2n) is 4.89. The molecule has 0 radical (unpaired) electrons. The Morgan fingerprint density at radius 1 is 1.12 bits per heavy atom. The minimum atomic E-state index is 0.0849. The van der Waals surface area contributed by atoms with E-state index in [-0.39, 0.29) is 6.04 Å². The molecule has 0 aliphatic carbocycles. The van der Waals surface area contributed by atoms with Crippen LogP contribution >= 0.6 is 0 Å². The van der Waals surface area contributed by atoms with Crippen molar-refractivity contribution in [3.8, 4) is 0 Å². The number of benzene rings is 1. The van der Waals surface area contributed by atoms with Gasteiger partial charge in [-0.2, -0.15) is 0 Å². The molecule has 90 valence electrons. The molecule has 1 aromatic carbocycles. The van der Waals surface area contributed by atoms with Crippen molar-refractivity contribution in [1.29, 1.82) is 0 Å². The average Bonchev–Trinajstić information content (AvgIpc) is 2.23. The monoisotopic (exact) mass is 220 g/mol. The zero-order chi connectivity index (χ0) is 12.3. The highest BCUT2D eigenvalue weighted by molar-refractivity contribution is 5.40. The molecule has 0 aliphatic rings. The summed E-state index contributed by atoms with van der Waals surface area (Å²) in [7, 11) is 0. The van der Waals surface area contributed by atoms with E-state index in [0.29, 0.717) is 6.04 Å². The zero-order valence-electron chi connectivity index (χ0n) is 11.1. The molecule has 0 heterocycles. The van der Waals surface area contributed by atoms with Gasteiger partial charge in [0.25, 0.3) is 0 Å². The maximum Gasteiger partial charge on any atom is 0.0424 e. The molecule has 0 amide bonds. The number of nitrogens with one attached hydrogen (secondary N) is 1. The van der Waals surface area contributed by atoms with Gasteiger partial charge in [-0.25, -0.2) is 0 Å². The molecule has 2 heteroatoms. The normalized spacial score (nSPS) is 13.2. The van der Waals surface area contributed by atoms with Crippen LogP contribution in [0.15, 0.2) is 12.1 Å².